The van der Waals surface area contributed by atoms with Gasteiger partial charge in [0.2, 0.25) is 11.8 Å². The van der Waals surface area contributed by atoms with Gasteiger partial charge in [0.25, 0.3) is 0 Å². The summed E-state index contributed by atoms with van der Waals surface area (Å²) in [6, 6.07) is 20.7. The van der Waals surface area contributed by atoms with Crippen LogP contribution in [-0.2, 0) is 16.0 Å². The average Bonchev–Trinajstić information content (AvgIpc) is 2.70. The first kappa shape index (κ1) is 19.1. The SMILES string of the molecule is O=C(CC(=O)N/N=C/c1c(O)ccc2ccccc12)NCCc1ccccc1. The minimum absolute atomic E-state index is 0.0651. The topological polar surface area (TPSA) is 90.8 Å². The third kappa shape index (κ3) is 5.17. The van der Waals surface area contributed by atoms with E-state index in [1.807, 2.05) is 54.6 Å². The van der Waals surface area contributed by atoms with E-state index in [2.05, 4.69) is 15.8 Å². The highest BCUT2D eigenvalue weighted by Crippen LogP contribution is 2.25. The Balaban J connectivity index is 1.49. The molecule has 3 rings (SSSR count). The van der Waals surface area contributed by atoms with Crippen LogP contribution in [0.1, 0.15) is 17.5 Å². The monoisotopic (exact) mass is 375 g/mol. The fraction of sp³-hybridized carbons (Fsp3) is 0.136. The molecular formula is C22H21N3O3. The zero-order valence-corrected chi connectivity index (χ0v) is 15.3. The normalized spacial score (nSPS) is 10.9. The number of amides is 2. The van der Waals surface area contributed by atoms with E-state index in [1.54, 1.807) is 12.1 Å². The van der Waals surface area contributed by atoms with Crippen molar-refractivity contribution in [2.75, 3.05) is 6.54 Å². The van der Waals surface area contributed by atoms with E-state index in [0.29, 0.717) is 18.5 Å². The van der Waals surface area contributed by atoms with Gasteiger partial charge in [0.05, 0.1) is 6.21 Å². The summed E-state index contributed by atoms with van der Waals surface area (Å²) in [7, 11) is 0. The van der Waals surface area contributed by atoms with Crippen molar-refractivity contribution in [2.24, 2.45) is 5.10 Å². The molecule has 0 aliphatic rings. The number of carbonyl (C=O) groups excluding carboxylic acids is 2. The van der Waals surface area contributed by atoms with Crippen LogP contribution in [-0.4, -0.2) is 29.7 Å². The Morgan fingerprint density at radius 1 is 0.929 bits per heavy atom. The van der Waals surface area contributed by atoms with E-state index in [-0.39, 0.29) is 18.1 Å². The smallest absolute Gasteiger partial charge is 0.249 e. The molecule has 142 valence electrons. The number of fused-ring (bicyclic) bond motifs is 1. The lowest BCUT2D eigenvalue weighted by atomic mass is 10.0. The summed E-state index contributed by atoms with van der Waals surface area (Å²) in [4.78, 5) is 23.7. The lowest BCUT2D eigenvalue weighted by molar-refractivity contribution is -0.129. The molecule has 0 aliphatic heterocycles. The quantitative estimate of drug-likeness (QED) is 0.337. The second-order valence-electron chi connectivity index (χ2n) is 6.28. The molecule has 0 aliphatic carbocycles. The van der Waals surface area contributed by atoms with Crippen LogP contribution in [0.15, 0.2) is 71.8 Å². The van der Waals surface area contributed by atoms with Gasteiger partial charge in [-0.25, -0.2) is 5.43 Å². The van der Waals surface area contributed by atoms with Crippen molar-refractivity contribution in [3.63, 3.8) is 0 Å². The summed E-state index contributed by atoms with van der Waals surface area (Å²) in [6.45, 7) is 0.462. The Morgan fingerprint density at radius 2 is 1.68 bits per heavy atom. The van der Waals surface area contributed by atoms with Gasteiger partial charge in [-0.1, -0.05) is 60.7 Å². The number of phenols is 1. The van der Waals surface area contributed by atoms with Gasteiger partial charge < -0.3 is 10.4 Å². The molecule has 0 unspecified atom stereocenters. The van der Waals surface area contributed by atoms with E-state index >= 15 is 0 Å². The molecule has 0 spiro atoms. The average molecular weight is 375 g/mol. The number of hydrazone groups is 1. The predicted molar refractivity (Wildman–Crippen MR) is 109 cm³/mol. The molecule has 0 aromatic heterocycles. The van der Waals surface area contributed by atoms with Crippen molar-refractivity contribution in [1.29, 1.82) is 0 Å². The fourth-order valence-electron chi connectivity index (χ4n) is 2.83. The number of aromatic hydroxyl groups is 1. The molecule has 0 atom stereocenters. The second kappa shape index (κ2) is 9.32. The molecule has 0 heterocycles. The number of hydrogen-bond acceptors (Lipinski definition) is 4. The minimum Gasteiger partial charge on any atom is -0.507 e. The molecule has 6 nitrogen and oxygen atoms in total. The third-order valence-electron chi connectivity index (χ3n) is 4.23. The van der Waals surface area contributed by atoms with Crippen LogP contribution in [0.25, 0.3) is 10.8 Å². The fourth-order valence-corrected chi connectivity index (χ4v) is 2.83. The molecule has 3 N–H and O–H groups in total. The van der Waals surface area contributed by atoms with E-state index < -0.39 is 5.91 Å². The van der Waals surface area contributed by atoms with Crippen molar-refractivity contribution in [3.8, 4) is 5.75 Å². The number of nitrogens with zero attached hydrogens (tertiary/aromatic N) is 1. The molecule has 28 heavy (non-hydrogen) atoms. The van der Waals surface area contributed by atoms with E-state index in [4.69, 9.17) is 0 Å². The minimum atomic E-state index is -0.520. The van der Waals surface area contributed by atoms with Crippen LogP contribution in [0.2, 0.25) is 0 Å². The van der Waals surface area contributed by atoms with Gasteiger partial charge in [0.15, 0.2) is 0 Å². The first-order chi connectivity index (χ1) is 13.6. The zero-order chi connectivity index (χ0) is 19.8. The Labute approximate surface area is 162 Å². The molecule has 6 heteroatoms. The Bertz CT molecular complexity index is 1000. The Hall–Kier alpha value is -3.67. The van der Waals surface area contributed by atoms with Gasteiger partial charge in [-0.15, -0.1) is 0 Å². The van der Waals surface area contributed by atoms with Gasteiger partial charge in [-0.3, -0.25) is 9.59 Å². The van der Waals surface area contributed by atoms with Crippen molar-refractivity contribution in [3.05, 3.63) is 77.9 Å². The van der Waals surface area contributed by atoms with Gasteiger partial charge >= 0.3 is 0 Å². The van der Waals surface area contributed by atoms with E-state index in [0.717, 1.165) is 16.3 Å². The number of nitrogens with one attached hydrogen (secondary N) is 2. The molecule has 0 fully saturated rings. The lowest BCUT2D eigenvalue weighted by Crippen LogP contribution is -2.31. The largest absolute Gasteiger partial charge is 0.507 e. The highest BCUT2D eigenvalue weighted by Gasteiger charge is 2.09. The van der Waals surface area contributed by atoms with E-state index in [9.17, 15) is 14.7 Å². The van der Waals surface area contributed by atoms with Crippen LogP contribution in [0.4, 0.5) is 0 Å². The van der Waals surface area contributed by atoms with Crippen LogP contribution in [0, 0.1) is 0 Å². The molecule has 3 aromatic rings. The van der Waals surface area contributed by atoms with Crippen LogP contribution >= 0.6 is 0 Å². The standard InChI is InChI=1S/C22H21N3O3/c26-20-11-10-17-8-4-5-9-18(17)19(20)15-24-25-22(28)14-21(27)23-13-12-16-6-2-1-3-7-16/h1-11,15,26H,12-14H2,(H,23,27)(H,25,28)/b24-15+. The summed E-state index contributed by atoms with van der Waals surface area (Å²) in [6.07, 6.45) is 1.77. The highest BCUT2D eigenvalue weighted by molar-refractivity contribution is 6.03. The summed E-state index contributed by atoms with van der Waals surface area (Å²) in [5.74, 6) is -0.819. The highest BCUT2D eigenvalue weighted by atomic mass is 16.3. The van der Waals surface area contributed by atoms with Gasteiger partial charge in [-0.2, -0.15) is 5.10 Å². The molecule has 3 aromatic carbocycles. The van der Waals surface area contributed by atoms with Crippen LogP contribution in [0.5, 0.6) is 5.75 Å². The molecule has 0 bridgehead atoms. The number of rotatable bonds is 7. The predicted octanol–water partition coefficient (Wildman–Crippen LogP) is 2.74. The maximum absolute atomic E-state index is 11.9. The number of phenolic OH excluding ortho intramolecular Hbond substituents is 1. The molecule has 0 saturated carbocycles. The van der Waals surface area contributed by atoms with Crippen LogP contribution in [0.3, 0.4) is 0 Å². The Kier molecular flexibility index (Phi) is 6.36. The summed E-state index contributed by atoms with van der Waals surface area (Å²) in [5.41, 5.74) is 3.94. The van der Waals surface area contributed by atoms with Gasteiger partial charge in [-0.05, 0) is 28.8 Å². The number of carbonyl (C=O) groups is 2. The van der Waals surface area contributed by atoms with Crippen molar-refractivity contribution in [1.82, 2.24) is 10.7 Å². The van der Waals surface area contributed by atoms with Crippen molar-refractivity contribution in [2.45, 2.75) is 12.8 Å². The maximum Gasteiger partial charge on any atom is 0.249 e. The summed E-state index contributed by atoms with van der Waals surface area (Å²) < 4.78 is 0. The zero-order valence-electron chi connectivity index (χ0n) is 15.3. The molecular weight excluding hydrogens is 354 g/mol. The first-order valence-electron chi connectivity index (χ1n) is 8.97. The third-order valence-corrected chi connectivity index (χ3v) is 4.23. The van der Waals surface area contributed by atoms with Crippen molar-refractivity contribution < 1.29 is 14.7 Å². The van der Waals surface area contributed by atoms with Crippen molar-refractivity contribution >= 4 is 28.8 Å². The number of benzene rings is 3. The summed E-state index contributed by atoms with van der Waals surface area (Å²) in [5, 5.41) is 18.4. The van der Waals surface area contributed by atoms with Gasteiger partial charge in [0, 0.05) is 12.1 Å². The van der Waals surface area contributed by atoms with Gasteiger partial charge in [0.1, 0.15) is 12.2 Å². The van der Waals surface area contributed by atoms with E-state index in [1.165, 1.54) is 6.21 Å². The molecule has 2 amide bonds. The summed E-state index contributed by atoms with van der Waals surface area (Å²) >= 11 is 0. The Morgan fingerprint density at radius 3 is 2.50 bits per heavy atom. The molecule has 0 radical (unpaired) electrons. The number of hydrogen-bond donors (Lipinski definition) is 3. The van der Waals surface area contributed by atoms with Crippen LogP contribution < -0.4 is 10.7 Å². The first-order valence-corrected chi connectivity index (χ1v) is 8.97. The maximum atomic E-state index is 11.9. The lowest BCUT2D eigenvalue weighted by Gasteiger charge is -2.06. The molecule has 0 saturated heterocycles. The second-order valence-corrected chi connectivity index (χ2v) is 6.28.